The van der Waals surface area contributed by atoms with Crippen molar-refractivity contribution in [2.45, 2.75) is 26.2 Å². The van der Waals surface area contributed by atoms with Gasteiger partial charge in [0.15, 0.2) is 5.96 Å². The summed E-state index contributed by atoms with van der Waals surface area (Å²) in [7, 11) is 1.69. The van der Waals surface area contributed by atoms with Crippen molar-refractivity contribution >= 4 is 5.96 Å². The highest BCUT2D eigenvalue weighted by Gasteiger charge is 2.24. The topological polar surface area (TPSA) is 55.3 Å². The Morgan fingerprint density at radius 2 is 2.04 bits per heavy atom. The monoisotopic (exact) mass is 395 g/mol. The molecular weight excluding hydrogens is 361 g/mol. The Hall–Kier alpha value is -1.86. The molecule has 0 aromatic heterocycles. The SMILES string of the molecule is CCNC(=NCCCCOc1ccc(F)cc1)N1CCC(COCCOC)C1. The second kappa shape index (κ2) is 13.3. The molecule has 2 rings (SSSR count). The Bertz CT molecular complexity index is 569. The van der Waals surface area contributed by atoms with Gasteiger partial charge in [-0.1, -0.05) is 0 Å². The number of aliphatic imine (C=N–C) groups is 1. The predicted molar refractivity (Wildman–Crippen MR) is 109 cm³/mol. The lowest BCUT2D eigenvalue weighted by atomic mass is 10.1. The molecule has 7 heteroatoms. The van der Waals surface area contributed by atoms with E-state index in [1.165, 1.54) is 12.1 Å². The van der Waals surface area contributed by atoms with Crippen LogP contribution in [0.2, 0.25) is 0 Å². The van der Waals surface area contributed by atoms with E-state index in [1.54, 1.807) is 19.2 Å². The molecule has 1 N–H and O–H groups in total. The quantitative estimate of drug-likeness (QED) is 0.335. The average molecular weight is 396 g/mol. The number of rotatable bonds is 12. The molecule has 1 heterocycles. The van der Waals surface area contributed by atoms with Crippen LogP contribution in [-0.4, -0.2) is 70.6 Å². The molecule has 1 atom stereocenters. The molecule has 1 aliphatic heterocycles. The van der Waals surface area contributed by atoms with Gasteiger partial charge in [0.1, 0.15) is 11.6 Å². The third-order valence-corrected chi connectivity index (χ3v) is 4.60. The molecule has 1 fully saturated rings. The first-order valence-corrected chi connectivity index (χ1v) is 10.2. The molecule has 0 amide bonds. The highest BCUT2D eigenvalue weighted by Crippen LogP contribution is 2.17. The van der Waals surface area contributed by atoms with Gasteiger partial charge in [-0.25, -0.2) is 4.39 Å². The van der Waals surface area contributed by atoms with Crippen LogP contribution in [0.15, 0.2) is 29.3 Å². The standard InChI is InChI=1S/C21H34FN3O3/c1-3-23-21(25-12-10-18(16-25)17-27-15-14-26-2)24-11-4-5-13-28-20-8-6-19(22)7-9-20/h6-9,18H,3-5,10-17H2,1-2H3,(H,23,24). The zero-order chi connectivity index (χ0) is 20.0. The zero-order valence-corrected chi connectivity index (χ0v) is 17.2. The Balaban J connectivity index is 1.65. The number of hydrogen-bond donors (Lipinski definition) is 1. The van der Waals surface area contributed by atoms with Crippen LogP contribution in [0.25, 0.3) is 0 Å². The van der Waals surface area contributed by atoms with Gasteiger partial charge in [-0.05, 0) is 50.5 Å². The second-order valence-electron chi connectivity index (χ2n) is 6.91. The van der Waals surface area contributed by atoms with Crippen molar-refractivity contribution in [3.8, 4) is 5.75 Å². The number of benzene rings is 1. The number of guanidine groups is 1. The number of likely N-dealkylation sites (tertiary alicyclic amines) is 1. The fourth-order valence-electron chi connectivity index (χ4n) is 3.10. The maximum atomic E-state index is 12.9. The van der Waals surface area contributed by atoms with E-state index in [0.29, 0.717) is 31.5 Å². The number of unbranched alkanes of at least 4 members (excludes halogenated alkanes) is 1. The van der Waals surface area contributed by atoms with Crippen molar-refractivity contribution in [1.29, 1.82) is 0 Å². The van der Waals surface area contributed by atoms with E-state index < -0.39 is 0 Å². The molecule has 0 bridgehead atoms. The third-order valence-electron chi connectivity index (χ3n) is 4.60. The van der Waals surface area contributed by atoms with E-state index in [-0.39, 0.29) is 5.82 Å². The molecule has 0 spiro atoms. The van der Waals surface area contributed by atoms with Gasteiger partial charge in [-0.2, -0.15) is 0 Å². The molecule has 6 nitrogen and oxygen atoms in total. The Morgan fingerprint density at radius 3 is 2.79 bits per heavy atom. The van der Waals surface area contributed by atoms with Crippen molar-refractivity contribution in [2.75, 3.05) is 59.7 Å². The Labute approximate surface area is 168 Å². The maximum absolute atomic E-state index is 12.9. The van der Waals surface area contributed by atoms with Gasteiger partial charge in [0.2, 0.25) is 0 Å². The van der Waals surface area contributed by atoms with Crippen molar-refractivity contribution in [1.82, 2.24) is 10.2 Å². The summed E-state index contributed by atoms with van der Waals surface area (Å²) in [6.45, 7) is 8.39. The summed E-state index contributed by atoms with van der Waals surface area (Å²) in [6, 6.07) is 6.13. The number of hydrogen-bond acceptors (Lipinski definition) is 4. The molecule has 158 valence electrons. The summed E-state index contributed by atoms with van der Waals surface area (Å²) in [5.74, 6) is 1.99. The van der Waals surface area contributed by atoms with Gasteiger partial charge in [0.25, 0.3) is 0 Å². The molecule has 28 heavy (non-hydrogen) atoms. The summed E-state index contributed by atoms with van der Waals surface area (Å²) >= 11 is 0. The van der Waals surface area contributed by atoms with E-state index >= 15 is 0 Å². The van der Waals surface area contributed by atoms with Gasteiger partial charge in [0.05, 0.1) is 26.4 Å². The number of nitrogens with one attached hydrogen (secondary N) is 1. The minimum atomic E-state index is -0.247. The van der Waals surface area contributed by atoms with E-state index in [9.17, 15) is 4.39 Å². The molecule has 1 aliphatic rings. The molecule has 1 aromatic carbocycles. The van der Waals surface area contributed by atoms with Gasteiger partial charge >= 0.3 is 0 Å². The minimum Gasteiger partial charge on any atom is -0.494 e. The van der Waals surface area contributed by atoms with Crippen LogP contribution < -0.4 is 10.1 Å². The number of methoxy groups -OCH3 is 1. The van der Waals surface area contributed by atoms with Crippen molar-refractivity contribution in [2.24, 2.45) is 10.9 Å². The van der Waals surface area contributed by atoms with Crippen LogP contribution in [0.3, 0.4) is 0 Å². The van der Waals surface area contributed by atoms with Crippen molar-refractivity contribution < 1.29 is 18.6 Å². The molecule has 0 saturated carbocycles. The highest BCUT2D eigenvalue weighted by atomic mass is 19.1. The lowest BCUT2D eigenvalue weighted by Gasteiger charge is -2.21. The average Bonchev–Trinajstić information content (AvgIpc) is 3.17. The fraction of sp³-hybridized carbons (Fsp3) is 0.667. The maximum Gasteiger partial charge on any atom is 0.193 e. The third kappa shape index (κ3) is 8.44. The first-order chi connectivity index (χ1) is 13.7. The molecule has 0 radical (unpaired) electrons. The van der Waals surface area contributed by atoms with E-state index in [4.69, 9.17) is 19.2 Å². The van der Waals surface area contributed by atoms with Crippen LogP contribution in [-0.2, 0) is 9.47 Å². The first kappa shape index (κ1) is 22.4. The molecule has 1 unspecified atom stereocenters. The van der Waals surface area contributed by atoms with Gasteiger partial charge in [0, 0.05) is 39.2 Å². The predicted octanol–water partition coefficient (Wildman–Crippen LogP) is 2.94. The first-order valence-electron chi connectivity index (χ1n) is 10.2. The van der Waals surface area contributed by atoms with Crippen molar-refractivity contribution in [3.05, 3.63) is 30.1 Å². The summed E-state index contributed by atoms with van der Waals surface area (Å²) in [5.41, 5.74) is 0. The Kier molecular flexibility index (Phi) is 10.7. The lowest BCUT2D eigenvalue weighted by Crippen LogP contribution is -2.40. The Morgan fingerprint density at radius 1 is 1.21 bits per heavy atom. The fourth-order valence-corrected chi connectivity index (χ4v) is 3.10. The summed E-state index contributed by atoms with van der Waals surface area (Å²) in [6.07, 6.45) is 2.99. The smallest absolute Gasteiger partial charge is 0.193 e. The number of halogens is 1. The number of ether oxygens (including phenoxy) is 3. The summed E-state index contributed by atoms with van der Waals surface area (Å²) in [5, 5.41) is 3.39. The van der Waals surface area contributed by atoms with Crippen LogP contribution in [0.4, 0.5) is 4.39 Å². The minimum absolute atomic E-state index is 0.247. The normalized spacial score (nSPS) is 17.2. The number of nitrogens with zero attached hydrogens (tertiary/aromatic N) is 2. The van der Waals surface area contributed by atoms with Crippen LogP contribution >= 0.6 is 0 Å². The van der Waals surface area contributed by atoms with Gasteiger partial charge in [-0.3, -0.25) is 4.99 Å². The van der Waals surface area contributed by atoms with Crippen molar-refractivity contribution in [3.63, 3.8) is 0 Å². The largest absolute Gasteiger partial charge is 0.494 e. The highest BCUT2D eigenvalue weighted by molar-refractivity contribution is 5.80. The van der Waals surface area contributed by atoms with Crippen LogP contribution in [0.1, 0.15) is 26.2 Å². The molecular formula is C21H34FN3O3. The van der Waals surface area contributed by atoms with E-state index in [1.807, 2.05) is 0 Å². The summed E-state index contributed by atoms with van der Waals surface area (Å²) < 4.78 is 29.2. The van der Waals surface area contributed by atoms with Crippen LogP contribution in [0, 0.1) is 11.7 Å². The summed E-state index contributed by atoms with van der Waals surface area (Å²) in [4.78, 5) is 7.08. The molecule has 1 saturated heterocycles. The van der Waals surface area contributed by atoms with Gasteiger partial charge < -0.3 is 24.4 Å². The van der Waals surface area contributed by atoms with E-state index in [0.717, 1.165) is 58.0 Å². The molecule has 0 aliphatic carbocycles. The van der Waals surface area contributed by atoms with E-state index in [2.05, 4.69) is 17.1 Å². The zero-order valence-electron chi connectivity index (χ0n) is 17.2. The van der Waals surface area contributed by atoms with Crippen LogP contribution in [0.5, 0.6) is 5.75 Å². The molecule has 1 aromatic rings. The second-order valence-corrected chi connectivity index (χ2v) is 6.91. The lowest BCUT2D eigenvalue weighted by molar-refractivity contribution is 0.0536. The van der Waals surface area contributed by atoms with Gasteiger partial charge in [-0.15, -0.1) is 0 Å².